The minimum atomic E-state index is -0.387. The van der Waals surface area contributed by atoms with Crippen LogP contribution in [0.1, 0.15) is 27.3 Å². The molecular weight excluding hydrogens is 408 g/mol. The lowest BCUT2D eigenvalue weighted by atomic mass is 10.1. The quantitative estimate of drug-likeness (QED) is 0.554. The third kappa shape index (κ3) is 4.40. The Morgan fingerprint density at radius 3 is 2.38 bits per heavy atom. The lowest BCUT2D eigenvalue weighted by Crippen LogP contribution is -2.46. The number of nitrogens with one attached hydrogen (secondary N) is 2. The molecule has 0 spiro atoms. The summed E-state index contributed by atoms with van der Waals surface area (Å²) < 4.78 is 10.5. The molecule has 4 rings (SSSR count). The zero-order valence-electron chi connectivity index (χ0n) is 18.6. The highest BCUT2D eigenvalue weighted by Crippen LogP contribution is 2.28. The molecule has 2 aromatic carbocycles. The monoisotopic (exact) mass is 436 g/mol. The van der Waals surface area contributed by atoms with Crippen LogP contribution in [0, 0.1) is 6.92 Å². The molecule has 0 saturated carbocycles. The van der Waals surface area contributed by atoms with E-state index in [4.69, 9.17) is 9.47 Å². The number of hydrogen-bond acceptors (Lipinski definition) is 6. The standard InChI is InChI=1S/C24H28N4O4/c1-16-6-4-5-7-19(16)28-12-10-27(11-13-28)15-18-22(26-24(30)25-18)23(29)17-8-9-20(31-2)21(14-17)32-3/h4-9,14H,10-13,15H2,1-3H3,(H2,25,26,30). The number of carbonyl (C=O) groups is 1. The highest BCUT2D eigenvalue weighted by atomic mass is 16.5. The third-order valence-electron chi connectivity index (χ3n) is 5.89. The molecule has 2 N–H and O–H groups in total. The molecule has 8 nitrogen and oxygen atoms in total. The molecule has 0 amide bonds. The second-order valence-corrected chi connectivity index (χ2v) is 7.88. The number of H-pyrrole nitrogens is 2. The summed E-state index contributed by atoms with van der Waals surface area (Å²) >= 11 is 0. The van der Waals surface area contributed by atoms with Crippen LogP contribution in [0.5, 0.6) is 11.5 Å². The smallest absolute Gasteiger partial charge is 0.323 e. The molecule has 0 bridgehead atoms. The second-order valence-electron chi connectivity index (χ2n) is 7.88. The lowest BCUT2D eigenvalue weighted by molar-refractivity contribution is 0.103. The Bertz CT molecular complexity index is 1160. The van der Waals surface area contributed by atoms with E-state index in [1.165, 1.54) is 18.4 Å². The average Bonchev–Trinajstić information content (AvgIpc) is 3.18. The van der Waals surface area contributed by atoms with Gasteiger partial charge >= 0.3 is 5.69 Å². The van der Waals surface area contributed by atoms with E-state index in [0.717, 1.165) is 26.2 Å². The lowest BCUT2D eigenvalue weighted by Gasteiger charge is -2.36. The predicted molar refractivity (Wildman–Crippen MR) is 123 cm³/mol. The number of para-hydroxylation sites is 1. The van der Waals surface area contributed by atoms with Crippen molar-refractivity contribution in [1.29, 1.82) is 0 Å². The van der Waals surface area contributed by atoms with E-state index in [1.807, 2.05) is 6.07 Å². The van der Waals surface area contributed by atoms with Crippen LogP contribution in [-0.2, 0) is 6.54 Å². The zero-order valence-corrected chi connectivity index (χ0v) is 18.6. The first-order valence-electron chi connectivity index (χ1n) is 10.6. The van der Waals surface area contributed by atoms with Crippen LogP contribution in [0.4, 0.5) is 5.69 Å². The summed E-state index contributed by atoms with van der Waals surface area (Å²) in [5.41, 5.74) is 3.43. The number of hydrogen-bond donors (Lipinski definition) is 2. The summed E-state index contributed by atoms with van der Waals surface area (Å²) in [5.74, 6) is 0.737. The van der Waals surface area contributed by atoms with Gasteiger partial charge in [-0.2, -0.15) is 0 Å². The van der Waals surface area contributed by atoms with E-state index in [1.54, 1.807) is 25.3 Å². The van der Waals surface area contributed by atoms with Gasteiger partial charge in [-0.3, -0.25) is 9.69 Å². The second kappa shape index (κ2) is 9.32. The van der Waals surface area contributed by atoms with E-state index < -0.39 is 0 Å². The van der Waals surface area contributed by atoms with Gasteiger partial charge in [-0.15, -0.1) is 0 Å². The van der Waals surface area contributed by atoms with Gasteiger partial charge in [0.1, 0.15) is 5.69 Å². The Morgan fingerprint density at radius 2 is 1.69 bits per heavy atom. The maximum atomic E-state index is 13.2. The van der Waals surface area contributed by atoms with Crippen LogP contribution < -0.4 is 20.1 Å². The van der Waals surface area contributed by atoms with Gasteiger partial charge in [-0.05, 0) is 36.8 Å². The Labute approximate surface area is 186 Å². The molecule has 0 unspecified atom stereocenters. The number of imidazole rings is 1. The number of aryl methyl sites for hydroxylation is 1. The van der Waals surface area contributed by atoms with Crippen molar-refractivity contribution in [2.75, 3.05) is 45.3 Å². The van der Waals surface area contributed by atoms with Gasteiger partial charge in [0.2, 0.25) is 5.78 Å². The molecule has 1 saturated heterocycles. The van der Waals surface area contributed by atoms with Crippen molar-refractivity contribution in [3.05, 3.63) is 75.5 Å². The molecule has 1 fully saturated rings. The van der Waals surface area contributed by atoms with Gasteiger partial charge in [-0.1, -0.05) is 18.2 Å². The molecule has 3 aromatic rings. The number of ketones is 1. The first-order chi connectivity index (χ1) is 15.5. The van der Waals surface area contributed by atoms with Crippen LogP contribution >= 0.6 is 0 Å². The molecule has 8 heteroatoms. The van der Waals surface area contributed by atoms with Crippen molar-refractivity contribution < 1.29 is 14.3 Å². The molecule has 1 aliphatic rings. The SMILES string of the molecule is COc1ccc(C(=O)c2[nH]c(=O)[nH]c2CN2CCN(c3ccccc3C)CC2)cc1OC. The fourth-order valence-corrected chi connectivity index (χ4v) is 4.14. The van der Waals surface area contributed by atoms with E-state index in [-0.39, 0.29) is 17.2 Å². The molecule has 168 valence electrons. The number of methoxy groups -OCH3 is 2. The topological polar surface area (TPSA) is 90.7 Å². The van der Waals surface area contributed by atoms with Gasteiger partial charge in [0.25, 0.3) is 0 Å². The third-order valence-corrected chi connectivity index (χ3v) is 5.89. The van der Waals surface area contributed by atoms with Gasteiger partial charge in [0, 0.05) is 44.0 Å². The van der Waals surface area contributed by atoms with Gasteiger partial charge in [-0.25, -0.2) is 4.79 Å². The number of benzene rings is 2. The number of aromatic amines is 2. The summed E-state index contributed by atoms with van der Waals surface area (Å²) in [6.07, 6.45) is 0. The molecule has 0 atom stereocenters. The summed E-state index contributed by atoms with van der Waals surface area (Å²) in [6, 6.07) is 13.4. The van der Waals surface area contributed by atoms with Crippen LogP contribution in [-0.4, -0.2) is 61.0 Å². The number of ether oxygens (including phenoxy) is 2. The van der Waals surface area contributed by atoms with E-state index in [9.17, 15) is 9.59 Å². The van der Waals surface area contributed by atoms with Crippen LogP contribution in [0.3, 0.4) is 0 Å². The molecule has 32 heavy (non-hydrogen) atoms. The van der Waals surface area contributed by atoms with Crippen LogP contribution in [0.15, 0.2) is 47.3 Å². The highest BCUT2D eigenvalue weighted by Gasteiger charge is 2.23. The van der Waals surface area contributed by atoms with E-state index in [2.05, 4.69) is 44.9 Å². The van der Waals surface area contributed by atoms with E-state index in [0.29, 0.717) is 29.3 Å². The largest absolute Gasteiger partial charge is 0.493 e. The van der Waals surface area contributed by atoms with Gasteiger partial charge in [0.15, 0.2) is 11.5 Å². The minimum Gasteiger partial charge on any atom is -0.493 e. The Balaban J connectivity index is 1.48. The molecule has 2 heterocycles. The summed E-state index contributed by atoms with van der Waals surface area (Å²) in [4.78, 5) is 35.3. The zero-order chi connectivity index (χ0) is 22.7. The first kappa shape index (κ1) is 21.7. The highest BCUT2D eigenvalue weighted by molar-refractivity contribution is 6.08. The predicted octanol–water partition coefficient (Wildman–Crippen LogP) is 2.58. The summed E-state index contributed by atoms with van der Waals surface area (Å²) in [6.45, 7) is 6.07. The van der Waals surface area contributed by atoms with Crippen molar-refractivity contribution in [1.82, 2.24) is 14.9 Å². The maximum absolute atomic E-state index is 13.2. The summed E-state index contributed by atoms with van der Waals surface area (Å²) in [5, 5.41) is 0. The average molecular weight is 437 g/mol. The molecule has 0 aliphatic carbocycles. The molecule has 1 aliphatic heterocycles. The Hall–Kier alpha value is -3.52. The molecule has 1 aromatic heterocycles. The number of carbonyl (C=O) groups excluding carboxylic acids is 1. The van der Waals surface area contributed by atoms with Gasteiger partial charge in [0.05, 0.1) is 19.9 Å². The number of nitrogens with zero attached hydrogens (tertiary/aromatic N) is 2. The van der Waals surface area contributed by atoms with Crippen molar-refractivity contribution in [2.24, 2.45) is 0 Å². The van der Waals surface area contributed by atoms with Crippen molar-refractivity contribution in [3.63, 3.8) is 0 Å². The van der Waals surface area contributed by atoms with E-state index >= 15 is 0 Å². The summed E-state index contributed by atoms with van der Waals surface area (Å²) in [7, 11) is 3.06. The number of aromatic nitrogens is 2. The number of anilines is 1. The molecule has 0 radical (unpaired) electrons. The van der Waals surface area contributed by atoms with Crippen molar-refractivity contribution in [3.8, 4) is 11.5 Å². The molecular formula is C24H28N4O4. The fraction of sp³-hybridized carbons (Fsp3) is 0.333. The van der Waals surface area contributed by atoms with Crippen molar-refractivity contribution >= 4 is 11.5 Å². The normalized spacial score (nSPS) is 14.4. The first-order valence-corrected chi connectivity index (χ1v) is 10.6. The van der Waals surface area contributed by atoms with Crippen LogP contribution in [0.25, 0.3) is 0 Å². The maximum Gasteiger partial charge on any atom is 0.323 e. The fourth-order valence-electron chi connectivity index (χ4n) is 4.14. The number of rotatable bonds is 7. The Kier molecular flexibility index (Phi) is 6.32. The van der Waals surface area contributed by atoms with Crippen LogP contribution in [0.2, 0.25) is 0 Å². The van der Waals surface area contributed by atoms with Crippen molar-refractivity contribution in [2.45, 2.75) is 13.5 Å². The number of piperazine rings is 1. The minimum absolute atomic E-state index is 0.266. The van der Waals surface area contributed by atoms with Gasteiger partial charge < -0.3 is 24.3 Å². The Morgan fingerprint density at radius 1 is 0.969 bits per heavy atom.